The molecule has 4 rings (SSSR count). The Labute approximate surface area is 190 Å². The Hall–Kier alpha value is -4.14. The number of ether oxygens (including phenoxy) is 2. The van der Waals surface area contributed by atoms with Crippen molar-refractivity contribution in [3.05, 3.63) is 76.1 Å². The fraction of sp³-hybridized carbons (Fsp3) is 0.250. The minimum absolute atomic E-state index is 0.176. The number of benzene rings is 2. The lowest BCUT2D eigenvalue weighted by molar-refractivity contribution is -0.116. The van der Waals surface area contributed by atoms with Crippen molar-refractivity contribution in [2.24, 2.45) is 0 Å². The Kier molecular flexibility index (Phi) is 6.12. The molecule has 2 aromatic carbocycles. The van der Waals surface area contributed by atoms with E-state index in [1.54, 1.807) is 46.7 Å². The van der Waals surface area contributed by atoms with E-state index in [-0.39, 0.29) is 23.5 Å². The Balaban J connectivity index is 1.50. The zero-order valence-corrected chi connectivity index (χ0v) is 19.0. The lowest BCUT2D eigenvalue weighted by atomic mass is 10.1. The van der Waals surface area contributed by atoms with Crippen LogP contribution in [0.2, 0.25) is 0 Å². The van der Waals surface area contributed by atoms with E-state index in [4.69, 9.17) is 9.47 Å². The van der Waals surface area contributed by atoms with Crippen molar-refractivity contribution >= 4 is 17.2 Å². The molecule has 0 saturated heterocycles. The fourth-order valence-corrected chi connectivity index (χ4v) is 3.76. The van der Waals surface area contributed by atoms with Gasteiger partial charge in [0.05, 0.1) is 14.2 Å². The quantitative estimate of drug-likeness (QED) is 0.467. The van der Waals surface area contributed by atoms with E-state index in [1.165, 1.54) is 7.11 Å². The number of hydrogen-bond donors (Lipinski definition) is 1. The van der Waals surface area contributed by atoms with Gasteiger partial charge in [-0.1, -0.05) is 6.07 Å². The van der Waals surface area contributed by atoms with Gasteiger partial charge in [0.2, 0.25) is 11.6 Å². The topological polar surface area (TPSA) is 99.8 Å². The van der Waals surface area contributed by atoms with Crippen LogP contribution in [0.15, 0.2) is 53.6 Å². The number of carbonyl (C=O) groups is 1. The highest BCUT2D eigenvalue weighted by Crippen LogP contribution is 2.29. The molecule has 0 aliphatic carbocycles. The molecule has 0 fully saturated rings. The van der Waals surface area contributed by atoms with Crippen LogP contribution >= 0.6 is 0 Å². The summed E-state index contributed by atoms with van der Waals surface area (Å²) in [6, 6.07) is 11.1. The molecule has 2 aromatic heterocycles. The van der Waals surface area contributed by atoms with Crippen molar-refractivity contribution in [3.8, 4) is 17.2 Å². The second kappa shape index (κ2) is 9.15. The Bertz CT molecular complexity index is 1370. The van der Waals surface area contributed by atoms with Crippen LogP contribution in [-0.2, 0) is 11.2 Å². The summed E-state index contributed by atoms with van der Waals surface area (Å²) in [4.78, 5) is 25.5. The second-order valence-corrected chi connectivity index (χ2v) is 7.75. The van der Waals surface area contributed by atoms with Gasteiger partial charge < -0.3 is 14.8 Å². The molecule has 0 radical (unpaired) electrons. The number of methoxy groups -OCH3 is 2. The second-order valence-electron chi connectivity index (χ2n) is 7.75. The van der Waals surface area contributed by atoms with Gasteiger partial charge in [0.1, 0.15) is 5.82 Å². The first-order valence-electron chi connectivity index (χ1n) is 10.5. The molecule has 1 N–H and O–H groups in total. The number of aromatic nitrogens is 4. The normalized spacial score (nSPS) is 10.9. The highest BCUT2D eigenvalue weighted by atomic mass is 16.5. The smallest absolute Gasteiger partial charge is 0.300 e. The predicted molar refractivity (Wildman–Crippen MR) is 125 cm³/mol. The molecule has 0 spiro atoms. The standard InChI is InChI=1S/C24H25N5O4/c1-15-11-16(2)13-18(12-15)28-9-10-29-21(26-27-23(29)24(28)31)7-8-22(30)25-17-5-6-19(32-3)20(14-17)33-4/h5-6,9-14H,7-8H2,1-4H3,(H,25,30). The van der Waals surface area contributed by atoms with Crippen LogP contribution < -0.4 is 20.3 Å². The zero-order valence-electron chi connectivity index (χ0n) is 19.0. The van der Waals surface area contributed by atoms with Crippen LogP contribution in [0.3, 0.4) is 0 Å². The third-order valence-electron chi connectivity index (χ3n) is 5.27. The highest BCUT2D eigenvalue weighted by molar-refractivity contribution is 5.91. The molecule has 0 aliphatic rings. The number of rotatable bonds is 7. The van der Waals surface area contributed by atoms with Gasteiger partial charge in [0.25, 0.3) is 0 Å². The van der Waals surface area contributed by atoms with Crippen LogP contribution in [0.5, 0.6) is 11.5 Å². The van der Waals surface area contributed by atoms with Crippen molar-refractivity contribution in [1.82, 2.24) is 19.2 Å². The van der Waals surface area contributed by atoms with E-state index in [0.717, 1.165) is 16.8 Å². The predicted octanol–water partition coefficient (Wildman–Crippen LogP) is 3.09. The maximum absolute atomic E-state index is 13.0. The zero-order chi connectivity index (χ0) is 23.5. The number of fused-ring (bicyclic) bond motifs is 1. The number of anilines is 1. The Morgan fingerprint density at radius 1 is 0.970 bits per heavy atom. The average Bonchev–Trinajstić information content (AvgIpc) is 3.21. The molecule has 0 saturated carbocycles. The minimum Gasteiger partial charge on any atom is -0.493 e. The SMILES string of the molecule is COc1ccc(NC(=O)CCc2nnc3c(=O)n(-c4cc(C)cc(C)c4)ccn23)cc1OC. The van der Waals surface area contributed by atoms with Crippen LogP contribution in [0, 0.1) is 13.8 Å². The van der Waals surface area contributed by atoms with Gasteiger partial charge in [-0.15, -0.1) is 10.2 Å². The minimum atomic E-state index is -0.268. The lowest BCUT2D eigenvalue weighted by Crippen LogP contribution is -2.20. The summed E-state index contributed by atoms with van der Waals surface area (Å²) >= 11 is 0. The maximum Gasteiger partial charge on any atom is 0.300 e. The number of amides is 1. The van der Waals surface area contributed by atoms with E-state index < -0.39 is 0 Å². The third-order valence-corrected chi connectivity index (χ3v) is 5.27. The molecule has 4 aromatic rings. The van der Waals surface area contributed by atoms with Gasteiger partial charge in [-0.05, 0) is 49.2 Å². The first-order chi connectivity index (χ1) is 15.9. The Morgan fingerprint density at radius 3 is 2.39 bits per heavy atom. The lowest BCUT2D eigenvalue weighted by Gasteiger charge is -2.10. The summed E-state index contributed by atoms with van der Waals surface area (Å²) < 4.78 is 13.7. The van der Waals surface area contributed by atoms with Crippen LogP contribution in [0.25, 0.3) is 11.3 Å². The summed E-state index contributed by atoms with van der Waals surface area (Å²) in [5.41, 5.74) is 3.46. The number of aryl methyl sites for hydroxylation is 3. The summed E-state index contributed by atoms with van der Waals surface area (Å²) in [6.45, 7) is 3.98. The highest BCUT2D eigenvalue weighted by Gasteiger charge is 2.14. The summed E-state index contributed by atoms with van der Waals surface area (Å²) in [5, 5.41) is 11.0. The first-order valence-corrected chi connectivity index (χ1v) is 10.5. The van der Waals surface area contributed by atoms with Crippen molar-refractivity contribution in [3.63, 3.8) is 0 Å². The van der Waals surface area contributed by atoms with E-state index in [2.05, 4.69) is 21.6 Å². The Morgan fingerprint density at radius 2 is 1.70 bits per heavy atom. The number of nitrogens with one attached hydrogen (secondary N) is 1. The van der Waals surface area contributed by atoms with E-state index in [9.17, 15) is 9.59 Å². The molecular formula is C24H25N5O4. The molecule has 9 heteroatoms. The molecule has 33 heavy (non-hydrogen) atoms. The molecule has 0 bridgehead atoms. The largest absolute Gasteiger partial charge is 0.493 e. The number of nitrogens with zero attached hydrogens (tertiary/aromatic N) is 4. The molecule has 0 unspecified atom stereocenters. The van der Waals surface area contributed by atoms with Gasteiger partial charge in [-0.2, -0.15) is 0 Å². The molecule has 0 atom stereocenters. The number of carbonyl (C=O) groups excluding carboxylic acids is 1. The molecular weight excluding hydrogens is 422 g/mol. The molecule has 9 nitrogen and oxygen atoms in total. The van der Waals surface area contributed by atoms with E-state index >= 15 is 0 Å². The van der Waals surface area contributed by atoms with Crippen molar-refractivity contribution in [1.29, 1.82) is 0 Å². The first kappa shape index (κ1) is 22.1. The van der Waals surface area contributed by atoms with Crippen molar-refractivity contribution in [2.45, 2.75) is 26.7 Å². The summed E-state index contributed by atoms with van der Waals surface area (Å²) in [6.07, 6.45) is 3.94. The maximum atomic E-state index is 13.0. The van der Waals surface area contributed by atoms with E-state index in [1.807, 2.05) is 26.0 Å². The van der Waals surface area contributed by atoms with Gasteiger partial charge in [0.15, 0.2) is 11.5 Å². The van der Waals surface area contributed by atoms with Crippen molar-refractivity contribution < 1.29 is 14.3 Å². The molecule has 1 amide bonds. The average molecular weight is 447 g/mol. The third kappa shape index (κ3) is 4.57. The van der Waals surface area contributed by atoms with Crippen LogP contribution in [0.4, 0.5) is 5.69 Å². The summed E-state index contributed by atoms with van der Waals surface area (Å²) in [5.74, 6) is 1.45. The molecule has 0 aliphatic heterocycles. The fourth-order valence-electron chi connectivity index (χ4n) is 3.76. The van der Waals surface area contributed by atoms with Gasteiger partial charge in [-0.25, -0.2) is 0 Å². The van der Waals surface area contributed by atoms with Gasteiger partial charge >= 0.3 is 5.56 Å². The van der Waals surface area contributed by atoms with Gasteiger partial charge in [-0.3, -0.25) is 18.6 Å². The van der Waals surface area contributed by atoms with Crippen LogP contribution in [-0.4, -0.2) is 39.3 Å². The van der Waals surface area contributed by atoms with Gasteiger partial charge in [0, 0.05) is 42.7 Å². The van der Waals surface area contributed by atoms with E-state index in [0.29, 0.717) is 29.4 Å². The number of hydrogen-bond acceptors (Lipinski definition) is 6. The molecule has 170 valence electrons. The summed E-state index contributed by atoms with van der Waals surface area (Å²) in [7, 11) is 3.09. The monoisotopic (exact) mass is 447 g/mol. The van der Waals surface area contributed by atoms with Crippen molar-refractivity contribution in [2.75, 3.05) is 19.5 Å². The molecule has 2 heterocycles. The van der Waals surface area contributed by atoms with Crippen LogP contribution in [0.1, 0.15) is 23.4 Å².